The Kier molecular flexibility index (Phi) is 5.64. The van der Waals surface area contributed by atoms with E-state index in [0.717, 1.165) is 4.47 Å². The molecule has 1 nitrogen and oxygen atoms in total. The Morgan fingerprint density at radius 2 is 1.35 bits per heavy atom. The summed E-state index contributed by atoms with van der Waals surface area (Å²) >= 11 is 3.53. The Morgan fingerprint density at radius 1 is 0.882 bits per heavy atom. The fourth-order valence-corrected chi connectivity index (χ4v) is 1.83. The first-order valence-electron chi connectivity index (χ1n) is 5.38. The molecule has 0 saturated carbocycles. The van der Waals surface area contributed by atoms with Crippen molar-refractivity contribution in [3.8, 4) is 11.1 Å². The van der Waals surface area contributed by atoms with Crippen molar-refractivity contribution in [1.29, 1.82) is 0 Å². The highest BCUT2D eigenvalue weighted by Crippen LogP contribution is 2.27. The van der Waals surface area contributed by atoms with Crippen LogP contribution in [0, 0.1) is 0 Å². The van der Waals surface area contributed by atoms with Crippen molar-refractivity contribution in [1.82, 2.24) is 0 Å². The molecule has 0 N–H and O–H groups in total. The summed E-state index contributed by atoms with van der Waals surface area (Å²) in [7, 11) is 0. The first kappa shape index (κ1) is 13.7. The predicted molar refractivity (Wildman–Crippen MR) is 75.9 cm³/mol. The Bertz CT molecular complexity index is 473. The lowest BCUT2D eigenvalue weighted by Crippen LogP contribution is -1.77. The van der Waals surface area contributed by atoms with Gasteiger partial charge in [0.05, 0.1) is 0 Å². The van der Waals surface area contributed by atoms with Crippen molar-refractivity contribution in [2.75, 3.05) is 0 Å². The van der Waals surface area contributed by atoms with Crippen LogP contribution >= 0.6 is 15.9 Å². The van der Waals surface area contributed by atoms with Gasteiger partial charge in [0.2, 0.25) is 0 Å². The molecule has 2 heteroatoms. The third-order valence-corrected chi connectivity index (χ3v) is 2.65. The minimum atomic E-state index is 0.167. The molecule has 0 heterocycles. The van der Waals surface area contributed by atoms with E-state index < -0.39 is 0 Å². The van der Waals surface area contributed by atoms with E-state index in [4.69, 9.17) is 0 Å². The summed E-state index contributed by atoms with van der Waals surface area (Å²) in [4.78, 5) is 9.44. The van der Waals surface area contributed by atoms with Gasteiger partial charge in [-0.15, -0.1) is 0 Å². The number of carbonyl (C=O) groups excluding carboxylic acids is 1. The first-order valence-corrected chi connectivity index (χ1v) is 6.17. The zero-order valence-corrected chi connectivity index (χ0v) is 11.6. The summed E-state index contributed by atoms with van der Waals surface area (Å²) in [5.41, 5.74) is 2.48. The molecule has 0 aliphatic heterocycles. The Labute approximate surface area is 111 Å². The normalized spacial score (nSPS) is 9.12. The predicted octanol–water partition coefficient (Wildman–Crippen LogP) is 4.71. The molecule has 0 bridgehead atoms. The summed E-state index contributed by atoms with van der Waals surface area (Å²) in [6.45, 7) is 3.06. The van der Waals surface area contributed by atoms with Crippen molar-refractivity contribution < 1.29 is 4.79 Å². The zero-order valence-electron chi connectivity index (χ0n) is 9.98. The molecule has 0 spiro atoms. The van der Waals surface area contributed by atoms with Crippen LogP contribution in [0.2, 0.25) is 0 Å². The van der Waals surface area contributed by atoms with Gasteiger partial charge in [-0.3, -0.25) is 0 Å². The number of Topliss-reactive ketones (excluding diaryl/α,β-unsaturated/α-hetero) is 1. The van der Waals surface area contributed by atoms with Gasteiger partial charge >= 0.3 is 0 Å². The lowest BCUT2D eigenvalue weighted by atomic mass is 10.1. The van der Waals surface area contributed by atoms with Crippen molar-refractivity contribution in [3.05, 3.63) is 59.1 Å². The molecule has 2 aromatic rings. The van der Waals surface area contributed by atoms with E-state index >= 15 is 0 Å². The zero-order chi connectivity index (χ0) is 12.7. The topological polar surface area (TPSA) is 17.1 Å². The third-order valence-electron chi connectivity index (χ3n) is 1.96. The number of ketones is 1. The molecule has 0 amide bonds. The van der Waals surface area contributed by atoms with Gasteiger partial charge in [0.25, 0.3) is 0 Å². The second-order valence-electron chi connectivity index (χ2n) is 3.75. The van der Waals surface area contributed by atoms with Gasteiger partial charge in [-0.25, -0.2) is 0 Å². The monoisotopic (exact) mass is 290 g/mol. The van der Waals surface area contributed by atoms with E-state index in [1.54, 1.807) is 0 Å². The lowest BCUT2D eigenvalue weighted by molar-refractivity contribution is -0.114. The Hall–Kier alpha value is -1.41. The van der Waals surface area contributed by atoms with Crippen molar-refractivity contribution in [3.63, 3.8) is 0 Å². The van der Waals surface area contributed by atoms with Crippen LogP contribution in [-0.2, 0) is 4.79 Å². The number of hydrogen-bond acceptors (Lipinski definition) is 1. The molecular weight excluding hydrogens is 276 g/mol. The number of carbonyl (C=O) groups is 1. The summed E-state index contributed by atoms with van der Waals surface area (Å²) in [5.74, 6) is 0.167. The summed E-state index contributed by atoms with van der Waals surface area (Å²) in [5, 5.41) is 0. The highest BCUT2D eigenvalue weighted by Gasteiger charge is 1.99. The van der Waals surface area contributed by atoms with Crippen LogP contribution < -0.4 is 0 Å². The Morgan fingerprint density at radius 3 is 1.88 bits per heavy atom. The molecule has 0 fully saturated rings. The fourth-order valence-electron chi connectivity index (χ4n) is 1.31. The highest BCUT2D eigenvalue weighted by molar-refractivity contribution is 9.10. The molecule has 0 radical (unpaired) electrons. The lowest BCUT2D eigenvalue weighted by Gasteiger charge is -2.02. The second kappa shape index (κ2) is 7.02. The van der Waals surface area contributed by atoms with Crippen molar-refractivity contribution in [2.45, 2.75) is 13.8 Å². The first-order chi connectivity index (χ1) is 8.11. The van der Waals surface area contributed by atoms with Gasteiger partial charge in [0.15, 0.2) is 0 Å². The summed E-state index contributed by atoms with van der Waals surface area (Å²) in [6, 6.07) is 18.6. The molecule has 2 aromatic carbocycles. The molecular formula is C15H15BrO. The smallest absolute Gasteiger partial charge is 0.126 e. The van der Waals surface area contributed by atoms with Crippen LogP contribution in [0.25, 0.3) is 11.1 Å². The number of halogens is 1. The van der Waals surface area contributed by atoms with Crippen LogP contribution in [0.15, 0.2) is 59.1 Å². The van der Waals surface area contributed by atoms with Gasteiger partial charge < -0.3 is 4.79 Å². The standard InChI is InChI=1S/C12H9Br.C3H6O/c13-12-9-5-4-8-11(12)10-6-2-1-3-7-10;1-3(2)4/h1-9H;1-2H3. The number of rotatable bonds is 1. The van der Waals surface area contributed by atoms with Crippen molar-refractivity contribution >= 4 is 21.7 Å². The largest absolute Gasteiger partial charge is 0.300 e. The average molecular weight is 291 g/mol. The maximum absolute atomic E-state index is 9.44. The van der Waals surface area contributed by atoms with Crippen LogP contribution in [0.3, 0.4) is 0 Å². The molecule has 88 valence electrons. The minimum Gasteiger partial charge on any atom is -0.300 e. The van der Waals surface area contributed by atoms with Crippen LogP contribution in [0.4, 0.5) is 0 Å². The molecule has 0 aliphatic carbocycles. The Balaban J connectivity index is 0.000000317. The molecule has 0 unspecified atom stereocenters. The SMILES string of the molecule is Brc1ccccc1-c1ccccc1.CC(C)=O. The summed E-state index contributed by atoms with van der Waals surface area (Å²) in [6.07, 6.45) is 0. The van der Waals surface area contributed by atoms with Crippen molar-refractivity contribution in [2.24, 2.45) is 0 Å². The average Bonchev–Trinajstić information content (AvgIpc) is 2.30. The second-order valence-corrected chi connectivity index (χ2v) is 4.61. The van der Waals surface area contributed by atoms with Gasteiger partial charge in [-0.2, -0.15) is 0 Å². The molecule has 0 saturated heterocycles. The molecule has 2 rings (SSSR count). The van der Waals surface area contributed by atoms with E-state index in [-0.39, 0.29) is 5.78 Å². The number of benzene rings is 2. The van der Waals surface area contributed by atoms with E-state index in [0.29, 0.717) is 0 Å². The maximum Gasteiger partial charge on any atom is 0.126 e. The quantitative estimate of drug-likeness (QED) is 0.743. The van der Waals surface area contributed by atoms with Crippen LogP contribution in [-0.4, -0.2) is 5.78 Å². The van der Waals surface area contributed by atoms with Crippen LogP contribution in [0.1, 0.15) is 13.8 Å². The van der Waals surface area contributed by atoms with Gasteiger partial charge in [-0.05, 0) is 31.0 Å². The van der Waals surface area contributed by atoms with Gasteiger partial charge in [0, 0.05) is 4.47 Å². The molecule has 0 atom stereocenters. The van der Waals surface area contributed by atoms with Gasteiger partial charge in [0.1, 0.15) is 5.78 Å². The van der Waals surface area contributed by atoms with E-state index in [9.17, 15) is 4.79 Å². The molecule has 17 heavy (non-hydrogen) atoms. The minimum absolute atomic E-state index is 0.167. The molecule has 0 aromatic heterocycles. The van der Waals surface area contributed by atoms with Crippen LogP contribution in [0.5, 0.6) is 0 Å². The summed E-state index contributed by atoms with van der Waals surface area (Å²) < 4.78 is 1.14. The fraction of sp³-hybridized carbons (Fsp3) is 0.133. The highest BCUT2D eigenvalue weighted by atomic mass is 79.9. The van der Waals surface area contributed by atoms with E-state index in [1.807, 2.05) is 18.2 Å². The number of hydrogen-bond donors (Lipinski definition) is 0. The van der Waals surface area contributed by atoms with E-state index in [2.05, 4.69) is 52.3 Å². The third kappa shape index (κ3) is 4.96. The van der Waals surface area contributed by atoms with Gasteiger partial charge in [-0.1, -0.05) is 64.5 Å². The molecule has 0 aliphatic rings. The maximum atomic E-state index is 9.44. The van der Waals surface area contributed by atoms with E-state index in [1.165, 1.54) is 25.0 Å².